The summed E-state index contributed by atoms with van der Waals surface area (Å²) in [6.07, 6.45) is -4.44. The van der Waals surface area contributed by atoms with Gasteiger partial charge in [-0.05, 0) is 18.2 Å². The summed E-state index contributed by atoms with van der Waals surface area (Å²) in [5.74, 6) is -0.689. The van der Waals surface area contributed by atoms with Crippen LogP contribution in [0.2, 0.25) is 5.02 Å². The Hall–Kier alpha value is -1.95. The van der Waals surface area contributed by atoms with Crippen molar-refractivity contribution in [1.29, 1.82) is 0 Å². The SMILES string of the molecule is Nc1cc(OCC(F)(F)F)ccc1-c1cccc(Cl)c1F. The van der Waals surface area contributed by atoms with Crippen LogP contribution in [-0.4, -0.2) is 12.8 Å². The first-order valence-electron chi connectivity index (χ1n) is 5.81. The molecule has 0 heterocycles. The van der Waals surface area contributed by atoms with Gasteiger partial charge in [-0.3, -0.25) is 0 Å². The van der Waals surface area contributed by atoms with Crippen LogP contribution < -0.4 is 10.5 Å². The van der Waals surface area contributed by atoms with Crippen LogP contribution in [0.5, 0.6) is 5.75 Å². The third-order valence-electron chi connectivity index (χ3n) is 2.67. The molecule has 0 spiro atoms. The standard InChI is InChI=1S/C14H10ClF4NO/c15-11-3-1-2-10(13(11)16)9-5-4-8(6-12(9)20)21-7-14(17,18)19/h1-6H,7,20H2. The van der Waals surface area contributed by atoms with Gasteiger partial charge in [0.05, 0.1) is 5.02 Å². The molecule has 0 saturated carbocycles. The summed E-state index contributed by atoms with van der Waals surface area (Å²) in [5, 5.41) is -0.0655. The largest absolute Gasteiger partial charge is 0.484 e. The van der Waals surface area contributed by atoms with Gasteiger partial charge in [0.2, 0.25) is 0 Å². The Bertz CT molecular complexity index is 658. The first kappa shape index (κ1) is 15.4. The van der Waals surface area contributed by atoms with E-state index in [1.165, 1.54) is 30.3 Å². The number of halogens is 5. The molecule has 0 saturated heterocycles. The fourth-order valence-electron chi connectivity index (χ4n) is 1.75. The zero-order valence-electron chi connectivity index (χ0n) is 10.5. The summed E-state index contributed by atoms with van der Waals surface area (Å²) >= 11 is 5.68. The number of alkyl halides is 3. The van der Waals surface area contributed by atoms with Gasteiger partial charge in [0.25, 0.3) is 0 Å². The van der Waals surface area contributed by atoms with Gasteiger partial charge in [-0.25, -0.2) is 4.39 Å². The van der Waals surface area contributed by atoms with E-state index in [9.17, 15) is 17.6 Å². The van der Waals surface area contributed by atoms with Gasteiger partial charge < -0.3 is 10.5 Å². The number of ether oxygens (including phenoxy) is 1. The lowest BCUT2D eigenvalue weighted by Gasteiger charge is -2.12. The van der Waals surface area contributed by atoms with Crippen LogP contribution in [0.25, 0.3) is 11.1 Å². The highest BCUT2D eigenvalue weighted by molar-refractivity contribution is 6.31. The maximum absolute atomic E-state index is 13.9. The summed E-state index contributed by atoms with van der Waals surface area (Å²) in [7, 11) is 0. The van der Waals surface area contributed by atoms with Crippen LogP contribution in [-0.2, 0) is 0 Å². The molecule has 2 aromatic carbocycles. The number of nitrogen functional groups attached to an aromatic ring is 1. The van der Waals surface area contributed by atoms with E-state index in [1.54, 1.807) is 6.07 Å². The molecule has 0 radical (unpaired) electrons. The summed E-state index contributed by atoms with van der Waals surface area (Å²) in [5.41, 5.74) is 6.33. The Morgan fingerprint density at radius 2 is 1.81 bits per heavy atom. The zero-order valence-corrected chi connectivity index (χ0v) is 11.3. The minimum absolute atomic E-state index is 0.0454. The average Bonchev–Trinajstić information content (AvgIpc) is 2.39. The Morgan fingerprint density at radius 3 is 2.43 bits per heavy atom. The van der Waals surface area contributed by atoms with Gasteiger partial charge in [-0.1, -0.05) is 23.7 Å². The first-order valence-corrected chi connectivity index (χ1v) is 6.19. The fourth-order valence-corrected chi connectivity index (χ4v) is 1.93. The number of hydrogen-bond donors (Lipinski definition) is 1. The highest BCUT2D eigenvalue weighted by Crippen LogP contribution is 2.33. The van der Waals surface area contributed by atoms with Gasteiger partial charge >= 0.3 is 6.18 Å². The molecular weight excluding hydrogens is 310 g/mol. The minimum Gasteiger partial charge on any atom is -0.484 e. The van der Waals surface area contributed by atoms with Crippen LogP contribution in [0.15, 0.2) is 36.4 Å². The number of anilines is 1. The molecule has 7 heteroatoms. The highest BCUT2D eigenvalue weighted by atomic mass is 35.5. The van der Waals surface area contributed by atoms with Gasteiger partial charge in [0.1, 0.15) is 11.6 Å². The van der Waals surface area contributed by atoms with Crippen molar-refractivity contribution in [3.63, 3.8) is 0 Å². The van der Waals surface area contributed by atoms with E-state index in [1.807, 2.05) is 0 Å². The summed E-state index contributed by atoms with van der Waals surface area (Å²) in [6, 6.07) is 8.30. The van der Waals surface area contributed by atoms with E-state index < -0.39 is 18.6 Å². The van der Waals surface area contributed by atoms with Gasteiger partial charge in [-0.15, -0.1) is 0 Å². The Kier molecular flexibility index (Phi) is 4.27. The molecule has 0 aliphatic rings. The third-order valence-corrected chi connectivity index (χ3v) is 2.96. The number of nitrogens with two attached hydrogens (primary N) is 1. The van der Waals surface area contributed by atoms with E-state index in [0.717, 1.165) is 0 Å². The van der Waals surface area contributed by atoms with E-state index in [-0.39, 0.29) is 22.0 Å². The molecule has 0 aliphatic heterocycles. The van der Waals surface area contributed by atoms with E-state index in [0.29, 0.717) is 5.56 Å². The van der Waals surface area contributed by atoms with Crippen LogP contribution >= 0.6 is 11.6 Å². The number of hydrogen-bond acceptors (Lipinski definition) is 2. The van der Waals surface area contributed by atoms with Crippen molar-refractivity contribution < 1.29 is 22.3 Å². The van der Waals surface area contributed by atoms with Crippen molar-refractivity contribution in [1.82, 2.24) is 0 Å². The Morgan fingerprint density at radius 1 is 1.10 bits per heavy atom. The topological polar surface area (TPSA) is 35.2 Å². The van der Waals surface area contributed by atoms with Gasteiger partial charge in [0.15, 0.2) is 6.61 Å². The predicted octanol–water partition coefficient (Wildman–Crippen LogP) is 4.67. The van der Waals surface area contributed by atoms with Crippen LogP contribution in [0, 0.1) is 5.82 Å². The molecule has 0 atom stereocenters. The molecule has 2 rings (SSSR count). The number of rotatable bonds is 3. The normalized spacial score (nSPS) is 11.5. The molecule has 2 nitrogen and oxygen atoms in total. The molecular formula is C14H10ClF4NO. The van der Waals surface area contributed by atoms with E-state index in [4.69, 9.17) is 17.3 Å². The molecule has 0 fully saturated rings. The maximum Gasteiger partial charge on any atom is 0.422 e. The molecule has 0 unspecified atom stereocenters. The van der Waals surface area contributed by atoms with Crippen molar-refractivity contribution in [2.24, 2.45) is 0 Å². The monoisotopic (exact) mass is 319 g/mol. The van der Waals surface area contributed by atoms with Crippen molar-refractivity contribution in [2.75, 3.05) is 12.3 Å². The second kappa shape index (κ2) is 5.81. The smallest absolute Gasteiger partial charge is 0.422 e. The third kappa shape index (κ3) is 3.78. The predicted molar refractivity (Wildman–Crippen MR) is 72.8 cm³/mol. The molecule has 2 N–H and O–H groups in total. The van der Waals surface area contributed by atoms with Crippen LogP contribution in [0.4, 0.5) is 23.2 Å². The van der Waals surface area contributed by atoms with Crippen molar-refractivity contribution in [3.05, 3.63) is 47.2 Å². The molecule has 112 valence electrons. The lowest BCUT2D eigenvalue weighted by Crippen LogP contribution is -2.19. The molecule has 0 aliphatic carbocycles. The highest BCUT2D eigenvalue weighted by Gasteiger charge is 2.28. The summed E-state index contributed by atoms with van der Waals surface area (Å²) < 4.78 is 54.7. The van der Waals surface area contributed by atoms with Crippen LogP contribution in [0.1, 0.15) is 0 Å². The Balaban J connectivity index is 2.29. The molecule has 0 bridgehead atoms. The molecule has 21 heavy (non-hydrogen) atoms. The van der Waals surface area contributed by atoms with Crippen molar-refractivity contribution >= 4 is 17.3 Å². The van der Waals surface area contributed by atoms with Gasteiger partial charge in [0, 0.05) is 22.9 Å². The van der Waals surface area contributed by atoms with Gasteiger partial charge in [-0.2, -0.15) is 13.2 Å². The minimum atomic E-state index is -4.44. The summed E-state index contributed by atoms with van der Waals surface area (Å²) in [4.78, 5) is 0. The lowest BCUT2D eigenvalue weighted by atomic mass is 10.0. The second-order valence-electron chi connectivity index (χ2n) is 4.25. The van der Waals surface area contributed by atoms with Crippen LogP contribution in [0.3, 0.4) is 0 Å². The van der Waals surface area contributed by atoms with Crippen molar-refractivity contribution in [2.45, 2.75) is 6.18 Å². The quantitative estimate of drug-likeness (QED) is 0.659. The lowest BCUT2D eigenvalue weighted by molar-refractivity contribution is -0.153. The second-order valence-corrected chi connectivity index (χ2v) is 4.66. The zero-order chi connectivity index (χ0) is 15.6. The molecule has 0 amide bonds. The Labute approximate surface area is 123 Å². The van der Waals surface area contributed by atoms with E-state index in [2.05, 4.69) is 4.74 Å². The fraction of sp³-hybridized carbons (Fsp3) is 0.143. The summed E-state index contributed by atoms with van der Waals surface area (Å²) in [6.45, 7) is -1.42. The number of benzene rings is 2. The molecule has 0 aromatic heterocycles. The first-order chi connectivity index (χ1) is 9.78. The molecule has 2 aromatic rings. The van der Waals surface area contributed by atoms with E-state index >= 15 is 0 Å². The maximum atomic E-state index is 13.9. The van der Waals surface area contributed by atoms with Crippen molar-refractivity contribution in [3.8, 4) is 16.9 Å². The average molecular weight is 320 g/mol.